The molecular formula is C21H26N2O4. The minimum Gasteiger partial charge on any atom is -0.487 e. The lowest BCUT2D eigenvalue weighted by molar-refractivity contribution is -0.118. The lowest BCUT2D eigenvalue weighted by Gasteiger charge is -2.19. The average molecular weight is 370 g/mol. The first kappa shape index (κ1) is 19.0. The van der Waals surface area contributed by atoms with Gasteiger partial charge in [0.1, 0.15) is 6.61 Å². The molecule has 0 aliphatic carbocycles. The van der Waals surface area contributed by atoms with Gasteiger partial charge < -0.3 is 24.8 Å². The second-order valence-corrected chi connectivity index (χ2v) is 6.55. The highest BCUT2D eigenvalue weighted by molar-refractivity contribution is 5.93. The number of aliphatic hydroxyl groups is 1. The Labute approximate surface area is 159 Å². The summed E-state index contributed by atoms with van der Waals surface area (Å²) in [5.74, 6) is 0.747. The van der Waals surface area contributed by atoms with E-state index >= 15 is 0 Å². The number of amides is 1. The topological polar surface area (TPSA) is 71.0 Å². The van der Waals surface area contributed by atoms with Gasteiger partial charge in [0.2, 0.25) is 0 Å². The third-order valence-corrected chi connectivity index (χ3v) is 4.51. The predicted octanol–water partition coefficient (Wildman–Crippen LogP) is 2.98. The summed E-state index contributed by atoms with van der Waals surface area (Å²) >= 11 is 0. The molecule has 6 heteroatoms. The fourth-order valence-corrected chi connectivity index (χ4v) is 3.13. The third-order valence-electron chi connectivity index (χ3n) is 4.51. The van der Waals surface area contributed by atoms with Crippen LogP contribution in [0.5, 0.6) is 11.5 Å². The molecule has 1 amide bonds. The molecule has 144 valence electrons. The van der Waals surface area contributed by atoms with Crippen molar-refractivity contribution in [1.29, 1.82) is 0 Å². The summed E-state index contributed by atoms with van der Waals surface area (Å²) in [6, 6.07) is 13.2. The number of rotatable bonds is 8. The summed E-state index contributed by atoms with van der Waals surface area (Å²) < 4.78 is 11.0. The molecule has 1 aliphatic heterocycles. The molecule has 27 heavy (non-hydrogen) atoms. The number of hydrogen-bond acceptors (Lipinski definition) is 5. The number of aliphatic hydroxyl groups excluding tert-OH is 1. The van der Waals surface area contributed by atoms with Gasteiger partial charge in [-0.1, -0.05) is 12.1 Å². The molecule has 0 bridgehead atoms. The third kappa shape index (κ3) is 5.14. The van der Waals surface area contributed by atoms with Gasteiger partial charge in [-0.25, -0.2) is 0 Å². The van der Waals surface area contributed by atoms with Crippen LogP contribution in [0.1, 0.15) is 18.4 Å². The van der Waals surface area contributed by atoms with Crippen LogP contribution in [-0.4, -0.2) is 43.9 Å². The molecule has 3 rings (SSSR count). The highest BCUT2D eigenvalue weighted by atomic mass is 16.5. The Morgan fingerprint density at radius 1 is 1.11 bits per heavy atom. The zero-order valence-electron chi connectivity index (χ0n) is 15.6. The van der Waals surface area contributed by atoms with Gasteiger partial charge in [-0.3, -0.25) is 4.79 Å². The molecule has 0 unspecified atom stereocenters. The smallest absolute Gasteiger partial charge is 0.262 e. The quantitative estimate of drug-likeness (QED) is 0.748. The summed E-state index contributed by atoms with van der Waals surface area (Å²) in [6.45, 7) is 4.16. The largest absolute Gasteiger partial charge is 0.487 e. The van der Waals surface area contributed by atoms with Gasteiger partial charge in [-0.05, 0) is 55.7 Å². The van der Waals surface area contributed by atoms with E-state index in [2.05, 4.69) is 16.3 Å². The number of hydrogen-bond donors (Lipinski definition) is 2. The first-order valence-corrected chi connectivity index (χ1v) is 9.28. The molecule has 1 aliphatic rings. The Balaban J connectivity index is 1.56. The number of nitrogens with one attached hydrogen (secondary N) is 1. The highest BCUT2D eigenvalue weighted by Gasteiger charge is 2.14. The maximum atomic E-state index is 12.3. The second kappa shape index (κ2) is 9.28. The van der Waals surface area contributed by atoms with Crippen LogP contribution in [0.3, 0.4) is 0 Å². The van der Waals surface area contributed by atoms with Crippen LogP contribution in [-0.2, 0) is 4.79 Å². The van der Waals surface area contributed by atoms with Gasteiger partial charge in [0.05, 0.1) is 6.61 Å². The van der Waals surface area contributed by atoms with Crippen LogP contribution in [0.15, 0.2) is 42.5 Å². The summed E-state index contributed by atoms with van der Waals surface area (Å²) in [5.41, 5.74) is 3.02. The van der Waals surface area contributed by atoms with Crippen LogP contribution < -0.4 is 19.7 Å². The lowest BCUT2D eigenvalue weighted by atomic mass is 10.1. The predicted molar refractivity (Wildman–Crippen MR) is 106 cm³/mol. The van der Waals surface area contributed by atoms with Crippen molar-refractivity contribution in [3.63, 3.8) is 0 Å². The van der Waals surface area contributed by atoms with Gasteiger partial charge >= 0.3 is 0 Å². The van der Waals surface area contributed by atoms with Crippen molar-refractivity contribution in [3.05, 3.63) is 48.0 Å². The average Bonchev–Trinajstić information content (AvgIpc) is 3.22. The Bertz CT molecular complexity index is 773. The van der Waals surface area contributed by atoms with Crippen molar-refractivity contribution >= 4 is 17.3 Å². The number of nitrogens with zero attached hydrogens (tertiary/aromatic N) is 1. The first-order chi connectivity index (χ1) is 13.2. The standard InChI is InChI=1S/C21H26N2O4/c1-16-14-17(23-10-4-5-11-23)8-9-18(16)22-21(25)15-27-20-7-3-2-6-19(20)26-13-12-24/h2-3,6-9,14,24H,4-5,10-13,15H2,1H3,(H,22,25). The fraction of sp³-hybridized carbons (Fsp3) is 0.381. The maximum absolute atomic E-state index is 12.3. The molecule has 6 nitrogen and oxygen atoms in total. The zero-order valence-corrected chi connectivity index (χ0v) is 15.6. The van der Waals surface area contributed by atoms with E-state index in [9.17, 15) is 4.79 Å². The second-order valence-electron chi connectivity index (χ2n) is 6.55. The monoisotopic (exact) mass is 370 g/mol. The molecule has 1 saturated heterocycles. The van der Waals surface area contributed by atoms with Crippen molar-refractivity contribution in [2.24, 2.45) is 0 Å². The van der Waals surface area contributed by atoms with Crippen molar-refractivity contribution in [2.45, 2.75) is 19.8 Å². The highest BCUT2D eigenvalue weighted by Crippen LogP contribution is 2.27. The van der Waals surface area contributed by atoms with Gasteiger partial charge in [-0.15, -0.1) is 0 Å². The molecule has 0 aromatic heterocycles. The molecule has 0 saturated carbocycles. The van der Waals surface area contributed by atoms with Crippen LogP contribution in [0.25, 0.3) is 0 Å². The number of aryl methyl sites for hydroxylation is 1. The first-order valence-electron chi connectivity index (χ1n) is 9.28. The Kier molecular flexibility index (Phi) is 6.54. The molecule has 1 fully saturated rings. The number of carbonyl (C=O) groups excluding carboxylic acids is 1. The van der Waals surface area contributed by atoms with Gasteiger partial charge in [-0.2, -0.15) is 0 Å². The summed E-state index contributed by atoms with van der Waals surface area (Å²) in [4.78, 5) is 14.6. The summed E-state index contributed by atoms with van der Waals surface area (Å²) in [7, 11) is 0. The van der Waals surface area contributed by atoms with Crippen LogP contribution in [0.4, 0.5) is 11.4 Å². The number of anilines is 2. The number of para-hydroxylation sites is 2. The van der Waals surface area contributed by atoms with E-state index in [4.69, 9.17) is 14.6 Å². The lowest BCUT2D eigenvalue weighted by Crippen LogP contribution is -2.21. The van der Waals surface area contributed by atoms with Crippen molar-refractivity contribution in [1.82, 2.24) is 0 Å². The molecular weight excluding hydrogens is 344 g/mol. The van der Waals surface area contributed by atoms with E-state index in [1.54, 1.807) is 18.2 Å². The van der Waals surface area contributed by atoms with Crippen molar-refractivity contribution in [2.75, 3.05) is 43.1 Å². The van der Waals surface area contributed by atoms with Crippen molar-refractivity contribution in [3.8, 4) is 11.5 Å². The summed E-state index contributed by atoms with van der Waals surface area (Å²) in [6.07, 6.45) is 2.47. The van der Waals surface area contributed by atoms with E-state index in [0.29, 0.717) is 11.5 Å². The van der Waals surface area contributed by atoms with E-state index in [-0.39, 0.29) is 25.7 Å². The van der Waals surface area contributed by atoms with E-state index in [1.165, 1.54) is 18.5 Å². The van der Waals surface area contributed by atoms with E-state index < -0.39 is 0 Å². The zero-order chi connectivity index (χ0) is 19.1. The Morgan fingerprint density at radius 2 is 1.81 bits per heavy atom. The minimum absolute atomic E-state index is 0.0818. The number of ether oxygens (including phenoxy) is 2. The molecule has 2 aromatic carbocycles. The maximum Gasteiger partial charge on any atom is 0.262 e. The number of benzene rings is 2. The van der Waals surface area contributed by atoms with Crippen LogP contribution in [0, 0.1) is 6.92 Å². The molecule has 2 N–H and O–H groups in total. The number of carbonyl (C=O) groups is 1. The van der Waals surface area contributed by atoms with Crippen LogP contribution >= 0.6 is 0 Å². The molecule has 1 heterocycles. The summed E-state index contributed by atoms with van der Waals surface area (Å²) in [5, 5.41) is 11.8. The van der Waals surface area contributed by atoms with Gasteiger partial charge in [0.15, 0.2) is 18.1 Å². The minimum atomic E-state index is -0.232. The molecule has 0 radical (unpaired) electrons. The fourth-order valence-electron chi connectivity index (χ4n) is 3.13. The normalized spacial score (nSPS) is 13.5. The Morgan fingerprint density at radius 3 is 2.48 bits per heavy atom. The molecule has 0 spiro atoms. The van der Waals surface area contributed by atoms with E-state index in [1.807, 2.05) is 25.1 Å². The van der Waals surface area contributed by atoms with Crippen LogP contribution in [0.2, 0.25) is 0 Å². The van der Waals surface area contributed by atoms with Gasteiger partial charge in [0, 0.05) is 24.5 Å². The van der Waals surface area contributed by atoms with Gasteiger partial charge in [0.25, 0.3) is 5.91 Å². The Hall–Kier alpha value is -2.73. The molecule has 0 atom stereocenters. The molecule has 2 aromatic rings. The van der Waals surface area contributed by atoms with Crippen molar-refractivity contribution < 1.29 is 19.4 Å². The SMILES string of the molecule is Cc1cc(N2CCCC2)ccc1NC(=O)COc1ccccc1OCCO. The van der Waals surface area contributed by atoms with E-state index in [0.717, 1.165) is 24.3 Å².